The van der Waals surface area contributed by atoms with Crippen molar-refractivity contribution in [1.82, 2.24) is 14.8 Å². The maximum Gasteiger partial charge on any atom is 0.222 e. The molecule has 6 heteroatoms. The lowest BCUT2D eigenvalue weighted by molar-refractivity contribution is 0.414. The summed E-state index contributed by atoms with van der Waals surface area (Å²) in [6.07, 6.45) is 2.34. The van der Waals surface area contributed by atoms with Gasteiger partial charge in [0.15, 0.2) is 5.82 Å². The lowest BCUT2D eigenvalue weighted by Crippen LogP contribution is -2.11. The molecule has 0 aliphatic heterocycles. The van der Waals surface area contributed by atoms with E-state index in [2.05, 4.69) is 15.4 Å². The summed E-state index contributed by atoms with van der Waals surface area (Å²) in [4.78, 5) is 4.65. The summed E-state index contributed by atoms with van der Waals surface area (Å²) in [6.45, 7) is 0.629. The Morgan fingerprint density at radius 2 is 1.84 bits per heavy atom. The van der Waals surface area contributed by atoms with E-state index in [9.17, 15) is 5.11 Å². The average molecular weight is 336 g/mol. The van der Waals surface area contributed by atoms with Gasteiger partial charge in [0.2, 0.25) is 5.95 Å². The highest BCUT2D eigenvalue weighted by Gasteiger charge is 2.24. The van der Waals surface area contributed by atoms with Crippen LogP contribution in [0.3, 0.4) is 0 Å². The van der Waals surface area contributed by atoms with Crippen LogP contribution in [0.5, 0.6) is 11.5 Å². The van der Waals surface area contributed by atoms with Crippen LogP contribution in [0, 0.1) is 0 Å². The molecule has 0 spiro atoms. The first kappa shape index (κ1) is 15.5. The molecule has 2 aromatic carbocycles. The third kappa shape index (κ3) is 3.57. The predicted octanol–water partition coefficient (Wildman–Crippen LogP) is 3.28. The second-order valence-electron chi connectivity index (χ2n) is 6.23. The number of hydrogen-bond donors (Lipinski definition) is 2. The van der Waals surface area contributed by atoms with Gasteiger partial charge in [0, 0.05) is 11.6 Å². The van der Waals surface area contributed by atoms with Gasteiger partial charge in [-0.2, -0.15) is 4.98 Å². The third-order valence-electron chi connectivity index (χ3n) is 4.20. The minimum atomic E-state index is 0.234. The highest BCUT2D eigenvalue weighted by molar-refractivity contribution is 5.57. The smallest absolute Gasteiger partial charge is 0.222 e. The Labute approximate surface area is 146 Å². The summed E-state index contributed by atoms with van der Waals surface area (Å²) in [7, 11) is 1.66. The van der Waals surface area contributed by atoms with E-state index in [1.807, 2.05) is 41.1 Å². The summed E-state index contributed by atoms with van der Waals surface area (Å²) in [5.74, 6) is 2.50. The molecule has 1 saturated carbocycles. The molecule has 3 aromatic rings. The zero-order valence-corrected chi connectivity index (χ0v) is 14.0. The van der Waals surface area contributed by atoms with Crippen LogP contribution in [0.15, 0.2) is 48.5 Å². The van der Waals surface area contributed by atoms with Crippen LogP contribution in [0.4, 0.5) is 5.95 Å². The molecule has 1 aliphatic carbocycles. The molecule has 0 unspecified atom stereocenters. The molecule has 2 N–H and O–H groups in total. The molecule has 0 saturated heterocycles. The van der Waals surface area contributed by atoms with E-state index >= 15 is 0 Å². The van der Waals surface area contributed by atoms with E-state index in [0.717, 1.165) is 22.8 Å². The number of aromatic hydroxyl groups is 1. The monoisotopic (exact) mass is 336 g/mol. The van der Waals surface area contributed by atoms with E-state index in [0.29, 0.717) is 18.4 Å². The van der Waals surface area contributed by atoms with Crippen molar-refractivity contribution < 1.29 is 9.84 Å². The van der Waals surface area contributed by atoms with Crippen molar-refractivity contribution in [2.45, 2.75) is 25.4 Å². The molecule has 1 aromatic heterocycles. The number of ether oxygens (including phenoxy) is 1. The topological polar surface area (TPSA) is 72.2 Å². The van der Waals surface area contributed by atoms with Crippen molar-refractivity contribution in [3.8, 4) is 22.9 Å². The Balaban J connectivity index is 1.63. The molecule has 128 valence electrons. The first-order valence-corrected chi connectivity index (χ1v) is 8.35. The van der Waals surface area contributed by atoms with Crippen LogP contribution >= 0.6 is 0 Å². The fourth-order valence-corrected chi connectivity index (χ4v) is 2.61. The molecule has 0 radical (unpaired) electrons. The second kappa shape index (κ2) is 6.47. The lowest BCUT2D eigenvalue weighted by Gasteiger charge is -2.08. The minimum absolute atomic E-state index is 0.234. The molecular weight excluding hydrogens is 316 g/mol. The Bertz CT molecular complexity index is 852. The van der Waals surface area contributed by atoms with Crippen LogP contribution in [-0.4, -0.2) is 33.0 Å². The Morgan fingerprint density at radius 3 is 2.48 bits per heavy atom. The fraction of sp³-hybridized carbons (Fsp3) is 0.263. The number of benzene rings is 2. The molecule has 6 nitrogen and oxygen atoms in total. The van der Waals surface area contributed by atoms with E-state index in [1.165, 1.54) is 12.8 Å². The average Bonchev–Trinajstić information content (AvgIpc) is 3.37. The highest BCUT2D eigenvalue weighted by Crippen LogP contribution is 2.26. The SMILES string of the molecule is COc1ccc(Cn2nc(-c3ccc(O)cc3)nc2NC2CC2)cc1. The van der Waals surface area contributed by atoms with Crippen LogP contribution in [0.1, 0.15) is 18.4 Å². The van der Waals surface area contributed by atoms with Gasteiger partial charge >= 0.3 is 0 Å². The summed E-state index contributed by atoms with van der Waals surface area (Å²) >= 11 is 0. The van der Waals surface area contributed by atoms with E-state index in [4.69, 9.17) is 4.74 Å². The fourth-order valence-electron chi connectivity index (χ4n) is 2.61. The molecule has 1 heterocycles. The molecule has 1 fully saturated rings. The van der Waals surface area contributed by atoms with Gasteiger partial charge in [0.25, 0.3) is 0 Å². The quantitative estimate of drug-likeness (QED) is 0.723. The molecule has 0 bridgehead atoms. The van der Waals surface area contributed by atoms with E-state index < -0.39 is 0 Å². The standard InChI is InChI=1S/C19H20N4O2/c1-25-17-10-2-13(3-11-17)12-23-19(20-15-6-7-15)21-18(22-23)14-4-8-16(24)9-5-14/h2-5,8-11,15,24H,6-7,12H2,1H3,(H,20,21,22). The zero-order chi connectivity index (χ0) is 17.2. The van der Waals surface area contributed by atoms with Gasteiger partial charge in [0.05, 0.1) is 13.7 Å². The zero-order valence-electron chi connectivity index (χ0n) is 14.0. The van der Waals surface area contributed by atoms with Gasteiger partial charge in [-0.05, 0) is 54.8 Å². The Hall–Kier alpha value is -3.02. The predicted molar refractivity (Wildman–Crippen MR) is 95.9 cm³/mol. The second-order valence-corrected chi connectivity index (χ2v) is 6.23. The first-order valence-electron chi connectivity index (χ1n) is 8.35. The van der Waals surface area contributed by atoms with Gasteiger partial charge in [-0.1, -0.05) is 12.1 Å². The number of anilines is 1. The summed E-state index contributed by atoms with van der Waals surface area (Å²) < 4.78 is 7.10. The van der Waals surface area contributed by atoms with Gasteiger partial charge < -0.3 is 15.2 Å². The highest BCUT2D eigenvalue weighted by atomic mass is 16.5. The number of nitrogens with zero attached hydrogens (tertiary/aromatic N) is 3. The number of phenols is 1. The van der Waals surface area contributed by atoms with Crippen molar-refractivity contribution in [1.29, 1.82) is 0 Å². The molecule has 25 heavy (non-hydrogen) atoms. The largest absolute Gasteiger partial charge is 0.508 e. The van der Waals surface area contributed by atoms with Crippen LogP contribution < -0.4 is 10.1 Å². The Morgan fingerprint density at radius 1 is 1.12 bits per heavy atom. The maximum atomic E-state index is 9.46. The number of phenolic OH excluding ortho intramolecular Hbond substituents is 1. The lowest BCUT2D eigenvalue weighted by atomic mass is 10.2. The van der Waals surface area contributed by atoms with Crippen LogP contribution in [0.25, 0.3) is 11.4 Å². The minimum Gasteiger partial charge on any atom is -0.508 e. The number of hydrogen-bond acceptors (Lipinski definition) is 5. The third-order valence-corrected chi connectivity index (χ3v) is 4.20. The van der Waals surface area contributed by atoms with Gasteiger partial charge in [-0.3, -0.25) is 0 Å². The van der Waals surface area contributed by atoms with Crippen molar-refractivity contribution in [2.24, 2.45) is 0 Å². The number of aromatic nitrogens is 3. The molecule has 0 atom stereocenters. The summed E-state index contributed by atoms with van der Waals surface area (Å²) in [6, 6.07) is 15.4. The van der Waals surface area contributed by atoms with E-state index in [-0.39, 0.29) is 5.75 Å². The molecule has 1 aliphatic rings. The molecular formula is C19H20N4O2. The normalized spacial score (nSPS) is 13.6. The van der Waals surface area contributed by atoms with Crippen LogP contribution in [0.2, 0.25) is 0 Å². The maximum absolute atomic E-state index is 9.46. The number of nitrogens with one attached hydrogen (secondary N) is 1. The molecule has 4 rings (SSSR count). The number of methoxy groups -OCH3 is 1. The van der Waals surface area contributed by atoms with Gasteiger partial charge in [-0.15, -0.1) is 5.10 Å². The van der Waals surface area contributed by atoms with Crippen molar-refractivity contribution in [3.63, 3.8) is 0 Å². The summed E-state index contributed by atoms with van der Waals surface area (Å²) in [5, 5.41) is 17.6. The van der Waals surface area contributed by atoms with Gasteiger partial charge in [-0.25, -0.2) is 4.68 Å². The molecule has 0 amide bonds. The van der Waals surface area contributed by atoms with Gasteiger partial charge in [0.1, 0.15) is 11.5 Å². The number of rotatable bonds is 6. The van der Waals surface area contributed by atoms with Crippen LogP contribution in [-0.2, 0) is 6.54 Å². The first-order chi connectivity index (χ1) is 12.2. The van der Waals surface area contributed by atoms with Crippen molar-refractivity contribution in [3.05, 3.63) is 54.1 Å². The van der Waals surface area contributed by atoms with E-state index in [1.54, 1.807) is 19.2 Å². The van der Waals surface area contributed by atoms with Crippen molar-refractivity contribution in [2.75, 3.05) is 12.4 Å². The summed E-state index contributed by atoms with van der Waals surface area (Å²) in [5.41, 5.74) is 2.01. The Kier molecular flexibility index (Phi) is 4.01. The van der Waals surface area contributed by atoms with Crippen molar-refractivity contribution >= 4 is 5.95 Å².